The Balaban J connectivity index is 2.75. The van der Waals surface area contributed by atoms with Crippen LogP contribution in [-0.2, 0) is 0 Å². The van der Waals surface area contributed by atoms with E-state index in [9.17, 15) is 0 Å². The van der Waals surface area contributed by atoms with Gasteiger partial charge in [-0.25, -0.2) is 0 Å². The first-order valence-corrected chi connectivity index (χ1v) is 8.36. The minimum atomic E-state index is -1.97. The van der Waals surface area contributed by atoms with Gasteiger partial charge in [0.05, 0.1) is 0 Å². The number of halogens is 8. The van der Waals surface area contributed by atoms with Crippen molar-refractivity contribution in [2.75, 3.05) is 0 Å². The van der Waals surface area contributed by atoms with E-state index in [0.717, 1.165) is 0 Å². The van der Waals surface area contributed by atoms with Crippen molar-refractivity contribution in [1.29, 1.82) is 0 Å². The smallest absolute Gasteiger partial charge is 0.113 e. The highest BCUT2D eigenvalue weighted by molar-refractivity contribution is 6.74. The Bertz CT molecular complexity index is 546. The van der Waals surface area contributed by atoms with Gasteiger partial charge >= 0.3 is 0 Å². The minimum Gasteiger partial charge on any atom is -0.113 e. The monoisotopic (exact) mass is 430 g/mol. The largest absolute Gasteiger partial charge is 0.189 e. The molecule has 20 heavy (non-hydrogen) atoms. The summed E-state index contributed by atoms with van der Waals surface area (Å²) in [5.41, 5.74) is 0.910. The predicted octanol–water partition coefficient (Wildman–Crippen LogP) is 6.78. The topological polar surface area (TPSA) is 0 Å². The molecule has 1 aliphatic carbocycles. The molecule has 0 N–H and O–H groups in total. The third-order valence-electron chi connectivity index (χ3n) is 2.97. The molecule has 0 saturated heterocycles. The summed E-state index contributed by atoms with van der Waals surface area (Å²) in [6.07, 6.45) is 0. The molecule has 1 aromatic carbocycles. The zero-order valence-corrected chi connectivity index (χ0v) is 15.5. The molecule has 0 nitrogen and oxygen atoms in total. The van der Waals surface area contributed by atoms with Crippen molar-refractivity contribution < 1.29 is 0 Å². The summed E-state index contributed by atoms with van der Waals surface area (Å²) >= 11 is 49.8. The van der Waals surface area contributed by atoms with E-state index >= 15 is 0 Å². The normalized spacial score (nSPS) is 27.5. The van der Waals surface area contributed by atoms with Crippen molar-refractivity contribution in [1.82, 2.24) is 0 Å². The molecular weight excluding hydrogens is 428 g/mol. The van der Waals surface area contributed by atoms with Crippen LogP contribution >= 0.6 is 92.8 Å². The fourth-order valence-corrected chi connectivity index (χ4v) is 4.71. The summed E-state index contributed by atoms with van der Waals surface area (Å²) in [5.74, 6) is 0. The molecule has 1 aromatic rings. The van der Waals surface area contributed by atoms with E-state index in [-0.39, 0.29) is 10.6 Å². The number of alkyl halides is 7. The van der Waals surface area contributed by atoms with Crippen LogP contribution in [-0.4, -0.2) is 18.4 Å². The van der Waals surface area contributed by atoms with Crippen molar-refractivity contribution in [2.24, 2.45) is 0 Å². The Labute approximate surface area is 156 Å². The fraction of sp³-hybridized carbons (Fsp3) is 0.333. The third-order valence-corrected chi connectivity index (χ3v) is 8.14. The molecule has 1 atom stereocenters. The lowest BCUT2D eigenvalue weighted by Crippen LogP contribution is -2.58. The van der Waals surface area contributed by atoms with Gasteiger partial charge in [-0.2, -0.15) is 0 Å². The number of rotatable bonds is 1. The zero-order chi connectivity index (χ0) is 15.3. The van der Waals surface area contributed by atoms with E-state index in [1.807, 2.05) is 6.07 Å². The highest BCUT2D eigenvalue weighted by Gasteiger charge is 2.68. The van der Waals surface area contributed by atoms with Crippen LogP contribution in [0.25, 0.3) is 5.57 Å². The first-order valence-electron chi connectivity index (χ1n) is 5.28. The van der Waals surface area contributed by atoms with Crippen molar-refractivity contribution >= 4 is 98.4 Å². The fourth-order valence-electron chi connectivity index (χ4n) is 1.89. The number of hydrogen-bond acceptors (Lipinski definition) is 0. The van der Waals surface area contributed by atoms with Crippen LogP contribution in [0.2, 0.25) is 0 Å². The lowest BCUT2D eigenvalue weighted by molar-refractivity contribution is 0.623. The standard InChI is InChI=1S/C12H6Cl8/c13-8-7(6-4-2-1-3-5-6)10(15,16)12(19,20)11(17,18)9(8)14/h1-5,9H. The lowest BCUT2D eigenvalue weighted by Gasteiger charge is -2.48. The SMILES string of the molecule is ClC1=C(c2ccccc2)C(Cl)(Cl)C(Cl)(Cl)C(Cl)(Cl)C1Cl. The third kappa shape index (κ3) is 2.45. The summed E-state index contributed by atoms with van der Waals surface area (Å²) in [7, 11) is 0. The van der Waals surface area contributed by atoms with Crippen molar-refractivity contribution in [2.45, 2.75) is 18.4 Å². The van der Waals surface area contributed by atoms with E-state index in [4.69, 9.17) is 92.8 Å². The van der Waals surface area contributed by atoms with Gasteiger partial charge in [0.2, 0.25) is 0 Å². The van der Waals surface area contributed by atoms with Crippen LogP contribution in [0.5, 0.6) is 0 Å². The van der Waals surface area contributed by atoms with Crippen LogP contribution in [0, 0.1) is 0 Å². The molecule has 0 aromatic heterocycles. The zero-order valence-electron chi connectivity index (χ0n) is 9.49. The van der Waals surface area contributed by atoms with Gasteiger partial charge in [0.15, 0.2) is 13.0 Å². The van der Waals surface area contributed by atoms with E-state index in [1.54, 1.807) is 24.3 Å². The highest BCUT2D eigenvalue weighted by Crippen LogP contribution is 2.66. The Hall–Kier alpha value is 1.28. The van der Waals surface area contributed by atoms with E-state index in [1.165, 1.54) is 0 Å². The van der Waals surface area contributed by atoms with Gasteiger partial charge in [-0.1, -0.05) is 112 Å². The number of benzene rings is 1. The van der Waals surface area contributed by atoms with E-state index in [2.05, 4.69) is 0 Å². The van der Waals surface area contributed by atoms with Crippen molar-refractivity contribution in [3.63, 3.8) is 0 Å². The molecule has 1 aliphatic rings. The maximum Gasteiger partial charge on any atom is 0.189 e. The van der Waals surface area contributed by atoms with Gasteiger partial charge in [-0.3, -0.25) is 0 Å². The van der Waals surface area contributed by atoms with Crippen LogP contribution in [0.1, 0.15) is 5.56 Å². The van der Waals surface area contributed by atoms with Crippen LogP contribution in [0.3, 0.4) is 0 Å². The molecular formula is C12H6Cl8. The molecule has 0 saturated carbocycles. The molecule has 0 aliphatic heterocycles. The average Bonchev–Trinajstić information content (AvgIpc) is 2.37. The van der Waals surface area contributed by atoms with Gasteiger partial charge in [0, 0.05) is 10.6 Å². The van der Waals surface area contributed by atoms with Gasteiger partial charge in [0.25, 0.3) is 0 Å². The molecule has 1 unspecified atom stereocenters. The molecule has 110 valence electrons. The predicted molar refractivity (Wildman–Crippen MR) is 92.2 cm³/mol. The second kappa shape index (κ2) is 5.73. The van der Waals surface area contributed by atoms with E-state index < -0.39 is 18.4 Å². The molecule has 0 heterocycles. The average molecular weight is 434 g/mol. The number of allylic oxidation sites excluding steroid dienone is 2. The Kier molecular flexibility index (Phi) is 5.05. The van der Waals surface area contributed by atoms with Gasteiger partial charge < -0.3 is 0 Å². The second-order valence-corrected chi connectivity index (χ2v) is 9.11. The van der Waals surface area contributed by atoms with Crippen molar-refractivity contribution in [3.8, 4) is 0 Å². The maximum atomic E-state index is 6.34. The summed E-state index contributed by atoms with van der Waals surface area (Å²) in [4.78, 5) is 0. The molecule has 8 heteroatoms. The summed E-state index contributed by atoms with van der Waals surface area (Å²) < 4.78 is -5.68. The van der Waals surface area contributed by atoms with Crippen LogP contribution < -0.4 is 0 Å². The van der Waals surface area contributed by atoms with Gasteiger partial charge in [-0.15, -0.1) is 11.6 Å². The molecule has 0 radical (unpaired) electrons. The Morgan fingerprint density at radius 1 is 0.850 bits per heavy atom. The van der Waals surface area contributed by atoms with Gasteiger partial charge in [-0.05, 0) is 5.56 Å². The quantitative estimate of drug-likeness (QED) is 0.428. The summed E-state index contributed by atoms with van der Waals surface area (Å²) in [6, 6.07) is 8.89. The Morgan fingerprint density at radius 3 is 1.85 bits per heavy atom. The molecule has 0 fully saturated rings. The van der Waals surface area contributed by atoms with Crippen molar-refractivity contribution in [3.05, 3.63) is 40.9 Å². The summed E-state index contributed by atoms with van der Waals surface area (Å²) in [5, 5.41) is -0.965. The maximum absolute atomic E-state index is 6.34. The van der Waals surface area contributed by atoms with Crippen LogP contribution in [0.15, 0.2) is 35.4 Å². The highest BCUT2D eigenvalue weighted by atomic mass is 35.5. The Morgan fingerprint density at radius 2 is 1.35 bits per heavy atom. The molecule has 0 amide bonds. The number of hydrogen-bond donors (Lipinski definition) is 0. The van der Waals surface area contributed by atoms with E-state index in [0.29, 0.717) is 5.56 Å². The second-order valence-electron chi connectivity index (χ2n) is 4.22. The first kappa shape index (κ1) is 17.6. The lowest BCUT2D eigenvalue weighted by atomic mass is 9.90. The molecule has 2 rings (SSSR count). The van der Waals surface area contributed by atoms with Gasteiger partial charge in [0.1, 0.15) is 5.38 Å². The minimum absolute atomic E-state index is 0.102. The van der Waals surface area contributed by atoms with Crippen LogP contribution in [0.4, 0.5) is 0 Å². The first-order chi connectivity index (χ1) is 9.05. The molecule has 0 spiro atoms. The summed E-state index contributed by atoms with van der Waals surface area (Å²) in [6.45, 7) is 0. The molecule has 0 bridgehead atoms.